The third-order valence-corrected chi connectivity index (χ3v) is 5.89. The second-order valence-electron chi connectivity index (χ2n) is 6.28. The second kappa shape index (κ2) is 8.04. The topological polar surface area (TPSA) is 46.9 Å². The molecule has 1 aromatic heterocycles. The Hall–Kier alpha value is -0.970. The molecule has 0 aliphatic heterocycles. The summed E-state index contributed by atoms with van der Waals surface area (Å²) in [6.45, 7) is 6.31. The maximum atomic E-state index is 12.2. The van der Waals surface area contributed by atoms with Gasteiger partial charge in [0.2, 0.25) is 5.91 Å². The van der Waals surface area contributed by atoms with Crippen molar-refractivity contribution in [3.05, 3.63) is 17.0 Å². The Labute approximate surface area is 138 Å². The smallest absolute Gasteiger partial charge is 0.220 e. The minimum atomic E-state index is 0.190. The average Bonchev–Trinajstić information content (AvgIpc) is 2.71. The molecule has 1 amide bonds. The van der Waals surface area contributed by atoms with Gasteiger partial charge in [0.25, 0.3) is 0 Å². The van der Waals surface area contributed by atoms with Crippen molar-refractivity contribution in [1.82, 2.24) is 15.1 Å². The molecule has 0 radical (unpaired) electrons. The zero-order valence-corrected chi connectivity index (χ0v) is 15.1. The van der Waals surface area contributed by atoms with Crippen LogP contribution >= 0.6 is 11.8 Å². The Morgan fingerprint density at radius 1 is 1.41 bits per heavy atom. The molecule has 22 heavy (non-hydrogen) atoms. The number of aromatic nitrogens is 2. The molecular formula is C17H29N3OS. The van der Waals surface area contributed by atoms with Crippen molar-refractivity contribution >= 4 is 17.7 Å². The van der Waals surface area contributed by atoms with Gasteiger partial charge in [-0.1, -0.05) is 13.3 Å². The number of aryl methyl sites for hydroxylation is 2. The summed E-state index contributed by atoms with van der Waals surface area (Å²) in [7, 11) is 1.96. The number of nitrogens with zero attached hydrogens (tertiary/aromatic N) is 2. The first-order chi connectivity index (χ1) is 10.5. The highest BCUT2D eigenvalue weighted by molar-refractivity contribution is 7.99. The fraction of sp³-hybridized carbons (Fsp3) is 0.765. The summed E-state index contributed by atoms with van der Waals surface area (Å²) in [5.41, 5.74) is 3.44. The van der Waals surface area contributed by atoms with Crippen LogP contribution in [0, 0.1) is 13.8 Å². The van der Waals surface area contributed by atoms with Crippen LogP contribution in [0.4, 0.5) is 0 Å². The molecule has 4 nitrogen and oxygen atoms in total. The number of carbonyl (C=O) groups excluding carboxylic acids is 1. The number of thioether (sulfide) groups is 1. The zero-order chi connectivity index (χ0) is 16.1. The maximum absolute atomic E-state index is 12.2. The highest BCUT2D eigenvalue weighted by atomic mass is 32.2. The molecule has 1 aliphatic rings. The molecule has 0 aromatic carbocycles. The van der Waals surface area contributed by atoms with E-state index >= 15 is 0 Å². The van der Waals surface area contributed by atoms with Crippen molar-refractivity contribution in [3.8, 4) is 0 Å². The normalized spacial score (nSPS) is 21.8. The van der Waals surface area contributed by atoms with Crippen LogP contribution in [0.25, 0.3) is 0 Å². The Bertz CT molecular complexity index is 510. The second-order valence-corrected chi connectivity index (χ2v) is 7.86. The molecule has 2 atom stereocenters. The molecule has 124 valence electrons. The van der Waals surface area contributed by atoms with E-state index in [4.69, 9.17) is 0 Å². The Morgan fingerprint density at radius 2 is 2.18 bits per heavy atom. The van der Waals surface area contributed by atoms with Crippen LogP contribution < -0.4 is 5.32 Å². The number of nitrogens with one attached hydrogen (secondary N) is 1. The van der Waals surface area contributed by atoms with E-state index in [1.807, 2.05) is 30.4 Å². The van der Waals surface area contributed by atoms with E-state index in [0.717, 1.165) is 30.2 Å². The van der Waals surface area contributed by atoms with Gasteiger partial charge in [0.05, 0.1) is 5.69 Å². The first-order valence-electron chi connectivity index (χ1n) is 8.41. The van der Waals surface area contributed by atoms with Gasteiger partial charge in [-0.2, -0.15) is 16.9 Å². The van der Waals surface area contributed by atoms with Gasteiger partial charge < -0.3 is 5.32 Å². The van der Waals surface area contributed by atoms with Gasteiger partial charge in [-0.05, 0) is 50.8 Å². The van der Waals surface area contributed by atoms with Gasteiger partial charge >= 0.3 is 0 Å². The highest BCUT2D eigenvalue weighted by Gasteiger charge is 2.23. The number of hydrogen-bond acceptors (Lipinski definition) is 3. The summed E-state index contributed by atoms with van der Waals surface area (Å²) < 4.78 is 1.90. The third-order valence-electron chi connectivity index (χ3n) is 4.65. The van der Waals surface area contributed by atoms with Crippen LogP contribution in [0.5, 0.6) is 0 Å². The summed E-state index contributed by atoms with van der Waals surface area (Å²) in [6, 6.07) is 0.376. The average molecular weight is 324 g/mol. The third kappa shape index (κ3) is 4.51. The van der Waals surface area contributed by atoms with E-state index in [-0.39, 0.29) is 5.91 Å². The quantitative estimate of drug-likeness (QED) is 0.875. The van der Waals surface area contributed by atoms with E-state index in [2.05, 4.69) is 24.3 Å². The predicted molar refractivity (Wildman–Crippen MR) is 93.3 cm³/mol. The van der Waals surface area contributed by atoms with E-state index < -0.39 is 0 Å². The van der Waals surface area contributed by atoms with Crippen molar-refractivity contribution in [2.75, 3.05) is 5.75 Å². The van der Waals surface area contributed by atoms with Gasteiger partial charge in [-0.25, -0.2) is 0 Å². The van der Waals surface area contributed by atoms with E-state index in [1.165, 1.54) is 29.9 Å². The van der Waals surface area contributed by atoms with Crippen LogP contribution in [0.2, 0.25) is 0 Å². The summed E-state index contributed by atoms with van der Waals surface area (Å²) in [6.07, 6.45) is 6.17. The Morgan fingerprint density at radius 3 is 2.82 bits per heavy atom. The monoisotopic (exact) mass is 323 g/mol. The van der Waals surface area contributed by atoms with Gasteiger partial charge in [-0.3, -0.25) is 9.48 Å². The number of hydrogen-bond donors (Lipinski definition) is 1. The molecule has 0 unspecified atom stereocenters. The minimum Gasteiger partial charge on any atom is -0.353 e. The highest BCUT2D eigenvalue weighted by Crippen LogP contribution is 2.28. The van der Waals surface area contributed by atoms with Crippen molar-refractivity contribution in [2.45, 2.75) is 70.6 Å². The van der Waals surface area contributed by atoms with Crippen molar-refractivity contribution in [3.63, 3.8) is 0 Å². The first kappa shape index (κ1) is 17.4. The lowest BCUT2D eigenvalue weighted by atomic mass is 9.94. The summed E-state index contributed by atoms with van der Waals surface area (Å²) in [4.78, 5) is 12.2. The van der Waals surface area contributed by atoms with Crippen LogP contribution in [-0.4, -0.2) is 32.7 Å². The molecule has 0 spiro atoms. The molecule has 2 rings (SSSR count). The molecule has 1 saturated carbocycles. The van der Waals surface area contributed by atoms with Crippen molar-refractivity contribution in [2.24, 2.45) is 7.05 Å². The zero-order valence-electron chi connectivity index (χ0n) is 14.3. The lowest BCUT2D eigenvalue weighted by Crippen LogP contribution is -2.39. The molecular weight excluding hydrogens is 294 g/mol. The molecule has 1 N–H and O–H groups in total. The standard InChI is InChI=1S/C17H29N3OS/c1-5-22-15-8-6-7-14(11-15)18-17(21)10-9-16-12(2)19-20(4)13(16)3/h14-15H,5-11H2,1-4H3,(H,18,21)/t14-,15+/m1/s1. The van der Waals surface area contributed by atoms with Gasteiger partial charge in [0, 0.05) is 30.5 Å². The molecule has 1 aromatic rings. The summed E-state index contributed by atoms with van der Waals surface area (Å²) >= 11 is 2.04. The molecule has 1 heterocycles. The maximum Gasteiger partial charge on any atom is 0.220 e. The fourth-order valence-electron chi connectivity index (χ4n) is 3.38. The van der Waals surface area contributed by atoms with Crippen LogP contribution in [0.3, 0.4) is 0 Å². The van der Waals surface area contributed by atoms with Crippen molar-refractivity contribution in [1.29, 1.82) is 0 Å². The lowest BCUT2D eigenvalue weighted by Gasteiger charge is -2.29. The van der Waals surface area contributed by atoms with Gasteiger partial charge in [-0.15, -0.1) is 0 Å². The predicted octanol–water partition coefficient (Wildman–Crippen LogP) is 3.15. The molecule has 1 fully saturated rings. The molecule has 5 heteroatoms. The fourth-order valence-corrected chi connectivity index (χ4v) is 4.55. The summed E-state index contributed by atoms with van der Waals surface area (Å²) in [5, 5.41) is 8.39. The Balaban J connectivity index is 1.80. The Kier molecular flexibility index (Phi) is 6.36. The van der Waals surface area contributed by atoms with Crippen LogP contribution in [0.1, 0.15) is 56.0 Å². The number of carbonyl (C=O) groups is 1. The first-order valence-corrected chi connectivity index (χ1v) is 9.46. The van der Waals surface area contributed by atoms with Crippen molar-refractivity contribution < 1.29 is 4.79 Å². The molecule has 0 bridgehead atoms. The van der Waals surface area contributed by atoms with E-state index in [1.54, 1.807) is 0 Å². The van der Waals surface area contributed by atoms with Crippen LogP contribution in [0.15, 0.2) is 0 Å². The number of amides is 1. The van der Waals surface area contributed by atoms with Gasteiger partial charge in [0.1, 0.15) is 0 Å². The van der Waals surface area contributed by atoms with Crippen LogP contribution in [-0.2, 0) is 18.3 Å². The van der Waals surface area contributed by atoms with Gasteiger partial charge in [0.15, 0.2) is 0 Å². The SMILES string of the molecule is CCS[C@H]1CCC[C@@H](NC(=O)CCc2c(C)nn(C)c2C)C1. The molecule has 0 saturated heterocycles. The van der Waals surface area contributed by atoms with E-state index in [0.29, 0.717) is 12.5 Å². The van der Waals surface area contributed by atoms with E-state index in [9.17, 15) is 4.79 Å². The summed E-state index contributed by atoms with van der Waals surface area (Å²) in [5.74, 6) is 1.36. The largest absolute Gasteiger partial charge is 0.353 e. The lowest BCUT2D eigenvalue weighted by molar-refractivity contribution is -0.121. The number of rotatable bonds is 6. The molecule has 1 aliphatic carbocycles. The minimum absolute atomic E-state index is 0.190.